The zero-order valence-electron chi connectivity index (χ0n) is 11.9. The zero-order valence-corrected chi connectivity index (χ0v) is 11.9. The van der Waals surface area contributed by atoms with Gasteiger partial charge >= 0.3 is 5.63 Å². The summed E-state index contributed by atoms with van der Waals surface area (Å²) in [6.07, 6.45) is 0. The summed E-state index contributed by atoms with van der Waals surface area (Å²) in [6, 6.07) is 8.13. The van der Waals surface area contributed by atoms with E-state index in [1.807, 2.05) is 0 Å². The molecule has 7 heteroatoms. The number of carbonyl (C=O) groups excluding carboxylic acids is 1. The van der Waals surface area contributed by atoms with Gasteiger partial charge in [0, 0.05) is 11.5 Å². The molecule has 0 aliphatic heterocycles. The molecule has 112 valence electrons. The second-order valence-corrected chi connectivity index (χ2v) is 4.60. The number of hydrogen-bond acceptors (Lipinski definition) is 6. The van der Waals surface area contributed by atoms with Gasteiger partial charge in [-0.15, -0.1) is 0 Å². The number of fused-ring (bicyclic) bond motifs is 1. The first-order valence-corrected chi connectivity index (χ1v) is 6.44. The summed E-state index contributed by atoms with van der Waals surface area (Å²) in [5.41, 5.74) is -0.583. The Balaban J connectivity index is 2.02. The highest BCUT2D eigenvalue weighted by atomic mass is 16.5. The summed E-state index contributed by atoms with van der Waals surface area (Å²) in [5.74, 6) is 0.582. The Morgan fingerprint density at radius 3 is 2.82 bits per heavy atom. The smallest absolute Gasteiger partial charge is 0.349 e. The van der Waals surface area contributed by atoms with Crippen LogP contribution >= 0.6 is 0 Å². The Bertz CT molecular complexity index is 910. The van der Waals surface area contributed by atoms with Gasteiger partial charge in [0.05, 0.1) is 7.11 Å². The molecule has 0 aliphatic carbocycles. The van der Waals surface area contributed by atoms with Crippen molar-refractivity contribution < 1.29 is 18.5 Å². The van der Waals surface area contributed by atoms with Crippen LogP contribution in [-0.4, -0.2) is 18.2 Å². The Morgan fingerprint density at radius 1 is 1.32 bits per heavy atom. The van der Waals surface area contributed by atoms with Gasteiger partial charge in [0.15, 0.2) is 17.2 Å². The molecule has 1 N–H and O–H groups in total. The minimum Gasteiger partial charge on any atom is -0.493 e. The van der Waals surface area contributed by atoms with E-state index in [4.69, 9.17) is 13.7 Å². The fourth-order valence-corrected chi connectivity index (χ4v) is 2.05. The van der Waals surface area contributed by atoms with E-state index in [9.17, 15) is 9.59 Å². The highest BCUT2D eigenvalue weighted by Crippen LogP contribution is 2.24. The average molecular weight is 300 g/mol. The first-order valence-electron chi connectivity index (χ1n) is 6.44. The number of para-hydroxylation sites is 1. The second kappa shape index (κ2) is 5.36. The van der Waals surface area contributed by atoms with Gasteiger partial charge in [0.1, 0.15) is 11.3 Å². The van der Waals surface area contributed by atoms with E-state index in [1.54, 1.807) is 31.2 Å². The molecule has 0 atom stereocenters. The van der Waals surface area contributed by atoms with Crippen molar-refractivity contribution in [3.8, 4) is 5.75 Å². The van der Waals surface area contributed by atoms with Crippen molar-refractivity contribution in [2.24, 2.45) is 0 Å². The SMILES string of the molecule is COc1cccc2cc(C(=O)Nc3cc(C)on3)c(=O)oc12. The molecule has 0 saturated heterocycles. The molecule has 2 aromatic heterocycles. The Labute approximate surface area is 124 Å². The number of nitrogens with zero attached hydrogens (tertiary/aromatic N) is 1. The van der Waals surface area contributed by atoms with Crippen LogP contribution in [0.1, 0.15) is 16.1 Å². The predicted octanol–water partition coefficient (Wildman–Crippen LogP) is 2.35. The van der Waals surface area contributed by atoms with E-state index in [-0.39, 0.29) is 11.4 Å². The van der Waals surface area contributed by atoms with Crippen LogP contribution in [0.5, 0.6) is 5.75 Å². The lowest BCUT2D eigenvalue weighted by atomic mass is 10.1. The molecule has 3 aromatic rings. The fourth-order valence-electron chi connectivity index (χ4n) is 2.05. The molecule has 0 aliphatic rings. The van der Waals surface area contributed by atoms with Crippen molar-refractivity contribution in [2.45, 2.75) is 6.92 Å². The Morgan fingerprint density at radius 2 is 2.14 bits per heavy atom. The van der Waals surface area contributed by atoms with Crippen LogP contribution in [0, 0.1) is 6.92 Å². The molecule has 7 nitrogen and oxygen atoms in total. The zero-order chi connectivity index (χ0) is 15.7. The van der Waals surface area contributed by atoms with Gasteiger partial charge in [-0.2, -0.15) is 0 Å². The largest absolute Gasteiger partial charge is 0.493 e. The molecule has 0 fully saturated rings. The van der Waals surface area contributed by atoms with E-state index in [1.165, 1.54) is 13.2 Å². The normalized spacial score (nSPS) is 10.6. The number of amides is 1. The van der Waals surface area contributed by atoms with Gasteiger partial charge in [-0.25, -0.2) is 4.79 Å². The number of rotatable bonds is 3. The van der Waals surface area contributed by atoms with Crippen molar-refractivity contribution in [1.29, 1.82) is 0 Å². The average Bonchev–Trinajstić information content (AvgIpc) is 2.91. The first-order chi connectivity index (χ1) is 10.6. The second-order valence-electron chi connectivity index (χ2n) is 4.60. The third-order valence-corrected chi connectivity index (χ3v) is 3.06. The monoisotopic (exact) mass is 300 g/mol. The maximum Gasteiger partial charge on any atom is 0.349 e. The molecule has 1 amide bonds. The molecule has 2 heterocycles. The number of ether oxygens (including phenoxy) is 1. The highest BCUT2D eigenvalue weighted by molar-refractivity contribution is 6.05. The van der Waals surface area contributed by atoms with Gasteiger partial charge in [-0.1, -0.05) is 17.3 Å². The Hall–Kier alpha value is -3.09. The van der Waals surface area contributed by atoms with Crippen LogP contribution in [0.3, 0.4) is 0 Å². The van der Waals surface area contributed by atoms with Crippen LogP contribution in [0.15, 0.2) is 44.1 Å². The van der Waals surface area contributed by atoms with Crippen LogP contribution < -0.4 is 15.7 Å². The maximum absolute atomic E-state index is 12.2. The van der Waals surface area contributed by atoms with Gasteiger partial charge in [-0.3, -0.25) is 4.79 Å². The summed E-state index contributed by atoms with van der Waals surface area (Å²) in [4.78, 5) is 24.2. The number of nitrogens with one attached hydrogen (secondary N) is 1. The van der Waals surface area contributed by atoms with Crippen molar-refractivity contribution >= 4 is 22.7 Å². The number of carbonyl (C=O) groups is 1. The Kier molecular flexibility index (Phi) is 3.38. The standard InChI is InChI=1S/C15H12N2O5/c1-8-6-12(17-22-8)16-14(18)10-7-9-4-3-5-11(20-2)13(9)21-15(10)19/h3-7H,1-2H3,(H,16,17,18). The minimum atomic E-state index is -0.755. The topological polar surface area (TPSA) is 94.6 Å². The number of hydrogen-bond donors (Lipinski definition) is 1. The van der Waals surface area contributed by atoms with Crippen molar-refractivity contribution in [1.82, 2.24) is 5.16 Å². The maximum atomic E-state index is 12.2. The van der Waals surface area contributed by atoms with Crippen LogP contribution in [0.4, 0.5) is 5.82 Å². The third kappa shape index (κ3) is 2.44. The number of aromatic nitrogens is 1. The molecule has 0 spiro atoms. The van der Waals surface area contributed by atoms with E-state index in [0.29, 0.717) is 22.5 Å². The van der Waals surface area contributed by atoms with E-state index in [0.717, 1.165) is 0 Å². The molecule has 0 radical (unpaired) electrons. The summed E-state index contributed by atoms with van der Waals surface area (Å²) < 4.78 is 15.2. The van der Waals surface area contributed by atoms with Crippen molar-refractivity contribution in [2.75, 3.05) is 12.4 Å². The third-order valence-electron chi connectivity index (χ3n) is 3.06. The quantitative estimate of drug-likeness (QED) is 0.746. The molecule has 0 saturated carbocycles. The van der Waals surface area contributed by atoms with Gasteiger partial charge in [0.25, 0.3) is 5.91 Å². The van der Waals surface area contributed by atoms with Crippen LogP contribution in [0.25, 0.3) is 11.0 Å². The summed E-state index contributed by atoms with van der Waals surface area (Å²) in [7, 11) is 1.47. The number of aryl methyl sites for hydroxylation is 1. The summed E-state index contributed by atoms with van der Waals surface area (Å²) >= 11 is 0. The minimum absolute atomic E-state index is 0.124. The molecule has 1 aromatic carbocycles. The predicted molar refractivity (Wildman–Crippen MR) is 78.2 cm³/mol. The number of methoxy groups -OCH3 is 1. The number of benzene rings is 1. The van der Waals surface area contributed by atoms with Gasteiger partial charge < -0.3 is 19.0 Å². The molecule has 0 bridgehead atoms. The van der Waals surface area contributed by atoms with E-state index in [2.05, 4.69) is 10.5 Å². The summed E-state index contributed by atoms with van der Waals surface area (Å²) in [5, 5.41) is 6.70. The lowest BCUT2D eigenvalue weighted by molar-refractivity contribution is 0.102. The lowest BCUT2D eigenvalue weighted by Gasteiger charge is -2.05. The molecule has 22 heavy (non-hydrogen) atoms. The van der Waals surface area contributed by atoms with E-state index < -0.39 is 11.5 Å². The van der Waals surface area contributed by atoms with Gasteiger partial charge in [0.2, 0.25) is 0 Å². The first kappa shape index (κ1) is 13.9. The van der Waals surface area contributed by atoms with Gasteiger partial charge in [-0.05, 0) is 19.1 Å². The molecular formula is C15H12N2O5. The molecular weight excluding hydrogens is 288 g/mol. The van der Waals surface area contributed by atoms with Crippen LogP contribution in [-0.2, 0) is 0 Å². The molecule has 0 unspecified atom stereocenters. The summed E-state index contributed by atoms with van der Waals surface area (Å²) in [6.45, 7) is 1.69. The van der Waals surface area contributed by atoms with Crippen molar-refractivity contribution in [3.63, 3.8) is 0 Å². The van der Waals surface area contributed by atoms with Crippen LogP contribution in [0.2, 0.25) is 0 Å². The lowest BCUT2D eigenvalue weighted by Crippen LogP contribution is -2.20. The number of anilines is 1. The van der Waals surface area contributed by atoms with Crippen molar-refractivity contribution in [3.05, 3.63) is 52.1 Å². The van der Waals surface area contributed by atoms with E-state index >= 15 is 0 Å². The molecule has 3 rings (SSSR count). The fraction of sp³-hybridized carbons (Fsp3) is 0.133. The highest BCUT2D eigenvalue weighted by Gasteiger charge is 2.16.